The predicted octanol–water partition coefficient (Wildman–Crippen LogP) is 1.05. The van der Waals surface area contributed by atoms with Gasteiger partial charge in [0.2, 0.25) is 0 Å². The molecule has 1 aliphatic heterocycles. The highest BCUT2D eigenvalue weighted by atomic mass is 16.5. The van der Waals surface area contributed by atoms with E-state index in [9.17, 15) is 0 Å². The van der Waals surface area contributed by atoms with E-state index in [0.29, 0.717) is 6.04 Å². The summed E-state index contributed by atoms with van der Waals surface area (Å²) in [4.78, 5) is 0. The molecule has 0 aromatic carbocycles. The van der Waals surface area contributed by atoms with Gasteiger partial charge >= 0.3 is 0 Å². The minimum Gasteiger partial charge on any atom is -0.378 e. The van der Waals surface area contributed by atoms with Crippen molar-refractivity contribution in [2.45, 2.75) is 50.8 Å². The summed E-state index contributed by atoms with van der Waals surface area (Å²) in [7, 11) is 1.82. The standard InChI is InChI=1S/C12H20N4O/c1-9-11-15-14-10(16(11)7-6-13-9)8-12(17-2)4-3-5-12/h9,13H,3-8H2,1-2H3. The van der Waals surface area contributed by atoms with E-state index in [1.165, 1.54) is 6.42 Å². The summed E-state index contributed by atoms with van der Waals surface area (Å²) in [5.74, 6) is 2.16. The van der Waals surface area contributed by atoms with Crippen molar-refractivity contribution in [1.29, 1.82) is 0 Å². The van der Waals surface area contributed by atoms with Gasteiger partial charge in [-0.3, -0.25) is 0 Å². The van der Waals surface area contributed by atoms with Gasteiger partial charge in [0.05, 0.1) is 11.6 Å². The Hall–Kier alpha value is -0.940. The maximum absolute atomic E-state index is 5.67. The molecule has 94 valence electrons. The second kappa shape index (κ2) is 4.07. The van der Waals surface area contributed by atoms with E-state index in [1.807, 2.05) is 7.11 Å². The van der Waals surface area contributed by atoms with Gasteiger partial charge in [-0.1, -0.05) is 0 Å². The first-order chi connectivity index (χ1) is 8.24. The van der Waals surface area contributed by atoms with E-state index >= 15 is 0 Å². The molecule has 1 aliphatic carbocycles. The summed E-state index contributed by atoms with van der Waals surface area (Å²) >= 11 is 0. The normalized spacial score (nSPS) is 26.4. The lowest BCUT2D eigenvalue weighted by Gasteiger charge is -2.40. The average molecular weight is 236 g/mol. The Morgan fingerprint density at radius 1 is 1.47 bits per heavy atom. The SMILES string of the molecule is COC1(Cc2nnc3n2CCNC3C)CCC1. The fraction of sp³-hybridized carbons (Fsp3) is 0.833. The number of aromatic nitrogens is 3. The van der Waals surface area contributed by atoms with E-state index < -0.39 is 0 Å². The van der Waals surface area contributed by atoms with Crippen LogP contribution in [0.5, 0.6) is 0 Å². The van der Waals surface area contributed by atoms with Gasteiger partial charge in [0.15, 0.2) is 0 Å². The molecule has 1 aromatic rings. The molecular weight excluding hydrogens is 216 g/mol. The van der Waals surface area contributed by atoms with Gasteiger partial charge in [-0.25, -0.2) is 0 Å². The van der Waals surface area contributed by atoms with E-state index in [1.54, 1.807) is 0 Å². The molecule has 1 unspecified atom stereocenters. The molecule has 17 heavy (non-hydrogen) atoms. The van der Waals surface area contributed by atoms with Crippen molar-refractivity contribution in [1.82, 2.24) is 20.1 Å². The van der Waals surface area contributed by atoms with Crippen LogP contribution in [-0.2, 0) is 17.7 Å². The van der Waals surface area contributed by atoms with Crippen LogP contribution >= 0.6 is 0 Å². The van der Waals surface area contributed by atoms with Crippen LogP contribution in [0.3, 0.4) is 0 Å². The van der Waals surface area contributed by atoms with Crippen LogP contribution in [0.4, 0.5) is 0 Å². The first kappa shape index (κ1) is 11.2. The van der Waals surface area contributed by atoms with Crippen LogP contribution in [-0.4, -0.2) is 34.0 Å². The van der Waals surface area contributed by atoms with Crippen LogP contribution in [0, 0.1) is 0 Å². The third-order valence-electron chi connectivity index (χ3n) is 4.21. The molecule has 5 heteroatoms. The van der Waals surface area contributed by atoms with Crippen LogP contribution < -0.4 is 5.32 Å². The lowest BCUT2D eigenvalue weighted by atomic mass is 9.77. The largest absolute Gasteiger partial charge is 0.378 e. The fourth-order valence-corrected chi connectivity index (χ4v) is 2.84. The Morgan fingerprint density at radius 3 is 2.94 bits per heavy atom. The minimum atomic E-state index is 0.0396. The number of ether oxygens (including phenoxy) is 1. The molecule has 2 aliphatic rings. The molecule has 0 bridgehead atoms. The van der Waals surface area contributed by atoms with Gasteiger partial charge < -0.3 is 14.6 Å². The summed E-state index contributed by atoms with van der Waals surface area (Å²) < 4.78 is 7.93. The van der Waals surface area contributed by atoms with E-state index in [2.05, 4.69) is 27.0 Å². The highest BCUT2D eigenvalue weighted by molar-refractivity contribution is 5.07. The summed E-state index contributed by atoms with van der Waals surface area (Å²) in [5.41, 5.74) is 0.0396. The maximum Gasteiger partial charge on any atom is 0.149 e. The second-order valence-corrected chi connectivity index (χ2v) is 5.22. The molecule has 1 saturated carbocycles. The van der Waals surface area contributed by atoms with Crippen molar-refractivity contribution in [3.05, 3.63) is 11.6 Å². The molecule has 5 nitrogen and oxygen atoms in total. The molecule has 3 rings (SSSR count). The van der Waals surface area contributed by atoms with Gasteiger partial charge in [0.25, 0.3) is 0 Å². The molecule has 0 amide bonds. The third kappa shape index (κ3) is 1.77. The number of methoxy groups -OCH3 is 1. The van der Waals surface area contributed by atoms with Crippen molar-refractivity contribution in [3.63, 3.8) is 0 Å². The molecule has 1 N–H and O–H groups in total. The van der Waals surface area contributed by atoms with Crippen LogP contribution in [0.25, 0.3) is 0 Å². The van der Waals surface area contributed by atoms with Gasteiger partial charge in [-0.2, -0.15) is 0 Å². The van der Waals surface area contributed by atoms with Crippen molar-refractivity contribution in [2.24, 2.45) is 0 Å². The Kier molecular flexibility index (Phi) is 2.67. The molecule has 0 spiro atoms. The number of hydrogen-bond donors (Lipinski definition) is 1. The second-order valence-electron chi connectivity index (χ2n) is 5.22. The summed E-state index contributed by atoms with van der Waals surface area (Å²) in [5, 5.41) is 12.1. The maximum atomic E-state index is 5.67. The molecular formula is C12H20N4O. The minimum absolute atomic E-state index is 0.0396. The number of hydrogen-bond acceptors (Lipinski definition) is 4. The number of nitrogens with zero attached hydrogens (tertiary/aromatic N) is 3. The van der Waals surface area contributed by atoms with Gasteiger partial charge in [-0.05, 0) is 26.2 Å². The summed E-state index contributed by atoms with van der Waals surface area (Å²) in [6, 6.07) is 0.310. The molecule has 2 heterocycles. The first-order valence-electron chi connectivity index (χ1n) is 6.45. The van der Waals surface area contributed by atoms with Crippen molar-refractivity contribution in [3.8, 4) is 0 Å². The van der Waals surface area contributed by atoms with E-state index in [-0.39, 0.29) is 5.60 Å². The Labute approximate surface area is 102 Å². The molecule has 0 radical (unpaired) electrons. The first-order valence-corrected chi connectivity index (χ1v) is 6.45. The number of nitrogens with one attached hydrogen (secondary N) is 1. The quantitative estimate of drug-likeness (QED) is 0.852. The van der Waals surface area contributed by atoms with Crippen molar-refractivity contribution >= 4 is 0 Å². The topological polar surface area (TPSA) is 52.0 Å². The van der Waals surface area contributed by atoms with Crippen LogP contribution in [0.15, 0.2) is 0 Å². The average Bonchev–Trinajstić information content (AvgIpc) is 2.68. The monoisotopic (exact) mass is 236 g/mol. The highest BCUT2D eigenvalue weighted by Crippen LogP contribution is 2.37. The Bertz CT molecular complexity index is 405. The highest BCUT2D eigenvalue weighted by Gasteiger charge is 2.39. The smallest absolute Gasteiger partial charge is 0.149 e. The number of rotatable bonds is 3. The Morgan fingerprint density at radius 2 is 2.29 bits per heavy atom. The lowest BCUT2D eigenvalue weighted by molar-refractivity contribution is -0.0727. The fourth-order valence-electron chi connectivity index (χ4n) is 2.84. The Balaban J connectivity index is 1.84. The molecule has 1 atom stereocenters. The van der Waals surface area contributed by atoms with E-state index in [4.69, 9.17) is 4.74 Å². The zero-order valence-corrected chi connectivity index (χ0v) is 10.6. The summed E-state index contributed by atoms with van der Waals surface area (Å²) in [6.45, 7) is 4.11. The van der Waals surface area contributed by atoms with Crippen molar-refractivity contribution < 1.29 is 4.74 Å². The zero-order chi connectivity index (χ0) is 11.9. The predicted molar refractivity (Wildman–Crippen MR) is 63.7 cm³/mol. The van der Waals surface area contributed by atoms with Gasteiger partial charge in [-0.15, -0.1) is 10.2 Å². The van der Waals surface area contributed by atoms with Crippen LogP contribution in [0.1, 0.15) is 43.9 Å². The molecule has 1 aromatic heterocycles. The summed E-state index contributed by atoms with van der Waals surface area (Å²) in [6.07, 6.45) is 4.48. The third-order valence-corrected chi connectivity index (χ3v) is 4.21. The van der Waals surface area contributed by atoms with Crippen molar-refractivity contribution in [2.75, 3.05) is 13.7 Å². The zero-order valence-electron chi connectivity index (χ0n) is 10.6. The number of fused-ring (bicyclic) bond motifs is 1. The molecule has 1 fully saturated rings. The molecule has 0 saturated heterocycles. The van der Waals surface area contributed by atoms with Gasteiger partial charge in [0, 0.05) is 26.6 Å². The van der Waals surface area contributed by atoms with Crippen LogP contribution in [0.2, 0.25) is 0 Å². The lowest BCUT2D eigenvalue weighted by Crippen LogP contribution is -2.42. The van der Waals surface area contributed by atoms with E-state index in [0.717, 1.165) is 44.0 Å². The van der Waals surface area contributed by atoms with Gasteiger partial charge in [0.1, 0.15) is 11.6 Å².